The van der Waals surface area contributed by atoms with E-state index in [1.165, 1.54) is 0 Å². The monoisotopic (exact) mass is 525 g/mol. The first kappa shape index (κ1) is 27.7. The van der Waals surface area contributed by atoms with E-state index in [1.54, 1.807) is 19.2 Å². The van der Waals surface area contributed by atoms with Crippen LogP contribution in [0.15, 0.2) is 95.3 Å². The number of rotatable bonds is 5. The predicted molar refractivity (Wildman–Crippen MR) is 151 cm³/mol. The summed E-state index contributed by atoms with van der Waals surface area (Å²) in [5.74, 6) is 0.884. The number of phenolic OH excluding ortho intramolecular Hbond substituents is 1. The molecule has 2 N–H and O–H groups in total. The highest BCUT2D eigenvalue weighted by Crippen LogP contribution is 2.41. The number of aryl methyl sites for hydroxylation is 2. The Bertz CT molecular complexity index is 1420. The number of methoxy groups -OCH3 is 1. The number of phenols is 1. The summed E-state index contributed by atoms with van der Waals surface area (Å²) in [5, 5.41) is 12.1. The van der Waals surface area contributed by atoms with Gasteiger partial charge in [0.1, 0.15) is 18.1 Å². The summed E-state index contributed by atoms with van der Waals surface area (Å²) in [7, 11) is 1.65. The number of ether oxygens (including phenoxy) is 2. The molecule has 0 saturated heterocycles. The number of benzene rings is 3. The van der Waals surface area contributed by atoms with Crippen molar-refractivity contribution >= 4 is 11.8 Å². The smallest absolute Gasteiger partial charge is 0.336 e. The summed E-state index contributed by atoms with van der Waals surface area (Å²) in [6, 6.07) is 22.9. The van der Waals surface area contributed by atoms with Crippen molar-refractivity contribution in [2.24, 2.45) is 0 Å². The zero-order valence-corrected chi connectivity index (χ0v) is 22.9. The number of hydrogen-bond acceptors (Lipinski definition) is 6. The van der Waals surface area contributed by atoms with E-state index in [-0.39, 0.29) is 24.3 Å². The molecule has 3 aromatic carbocycles. The minimum Gasteiger partial charge on any atom is -0.508 e. The van der Waals surface area contributed by atoms with Crippen molar-refractivity contribution in [1.29, 1.82) is 0 Å². The molecule has 2 aliphatic rings. The molecule has 0 saturated carbocycles. The normalized spacial score (nSPS) is 16.5. The van der Waals surface area contributed by atoms with E-state index >= 15 is 0 Å². The lowest BCUT2D eigenvalue weighted by molar-refractivity contribution is -0.140. The van der Waals surface area contributed by atoms with Crippen molar-refractivity contribution in [2.75, 3.05) is 7.11 Å². The van der Waals surface area contributed by atoms with Gasteiger partial charge in [-0.15, -0.1) is 0 Å². The second-order valence-corrected chi connectivity index (χ2v) is 10.0. The minimum absolute atomic E-state index is 0.0533. The maximum atomic E-state index is 13.0. The first-order chi connectivity index (χ1) is 18.7. The fourth-order valence-electron chi connectivity index (χ4n) is 5.01. The lowest BCUT2D eigenvalue weighted by atomic mass is 9.78. The zero-order valence-electron chi connectivity index (χ0n) is 22.9. The third kappa shape index (κ3) is 6.96. The minimum atomic E-state index is -0.377. The van der Waals surface area contributed by atoms with Gasteiger partial charge in [-0.05, 0) is 62.1 Å². The van der Waals surface area contributed by atoms with Crippen LogP contribution in [0, 0.1) is 13.8 Å². The van der Waals surface area contributed by atoms with E-state index < -0.39 is 0 Å². The molecular formula is C33H35NO5. The molecule has 6 nitrogen and oxygen atoms in total. The number of allylic oxidation sites excluding steroid dienone is 3. The molecule has 0 fully saturated rings. The Hall–Kier alpha value is -4.32. The average Bonchev–Trinajstić information content (AvgIpc) is 2.91. The Morgan fingerprint density at radius 2 is 1.67 bits per heavy atom. The van der Waals surface area contributed by atoms with Gasteiger partial charge in [-0.1, -0.05) is 60.2 Å². The molecule has 1 atom stereocenters. The van der Waals surface area contributed by atoms with Crippen molar-refractivity contribution in [3.05, 3.63) is 118 Å². The first-order valence-corrected chi connectivity index (χ1v) is 13.1. The maximum absolute atomic E-state index is 13.0. The van der Waals surface area contributed by atoms with E-state index in [0.29, 0.717) is 36.2 Å². The summed E-state index contributed by atoms with van der Waals surface area (Å²) >= 11 is 0. The van der Waals surface area contributed by atoms with Gasteiger partial charge < -0.3 is 19.9 Å². The largest absolute Gasteiger partial charge is 0.508 e. The number of Topliss-reactive ketones (excluding diaryl/α,β-unsaturated/α-hetero) is 1. The molecule has 0 radical (unpaired) electrons. The highest BCUT2D eigenvalue weighted by Gasteiger charge is 2.34. The lowest BCUT2D eigenvalue weighted by Gasteiger charge is -2.32. The van der Waals surface area contributed by atoms with Gasteiger partial charge in [0.15, 0.2) is 5.78 Å². The number of dihydropyridines is 1. The molecule has 0 spiro atoms. The zero-order chi connectivity index (χ0) is 27.9. The topological polar surface area (TPSA) is 84.9 Å². The van der Waals surface area contributed by atoms with Crippen molar-refractivity contribution in [2.45, 2.75) is 52.6 Å². The molecule has 0 aromatic heterocycles. The second kappa shape index (κ2) is 12.5. The molecule has 1 aliphatic heterocycles. The number of nitrogens with one attached hydrogen (secondary N) is 1. The standard InChI is InChI=1S/C26H27NO4.C7H8O/c1-16-7-6-8-18(11-16)15-31-26(29)21-14-22-23(27-17(21)2)12-19(13-24(22)28)20-9-4-5-10-25(20)30-3;1-6-3-2-4-7(8)5-6/h4-11,19,27H,12-15H2,1-3H3;2-5,8H,1H3/t19-;/m1./s1. The fourth-order valence-corrected chi connectivity index (χ4v) is 5.01. The molecule has 5 rings (SSSR count). The molecule has 6 heteroatoms. The van der Waals surface area contributed by atoms with Gasteiger partial charge in [0.05, 0.1) is 12.7 Å². The summed E-state index contributed by atoms with van der Waals surface area (Å²) in [6.45, 7) is 6.03. The average molecular weight is 526 g/mol. The third-order valence-electron chi connectivity index (χ3n) is 7.01. The van der Waals surface area contributed by atoms with E-state index in [9.17, 15) is 9.59 Å². The molecule has 0 unspecified atom stereocenters. The number of carbonyl (C=O) groups is 2. The van der Waals surface area contributed by atoms with Crippen LogP contribution in [-0.2, 0) is 20.9 Å². The number of aromatic hydroxyl groups is 1. The Morgan fingerprint density at radius 1 is 0.949 bits per heavy atom. The summed E-state index contributed by atoms with van der Waals surface area (Å²) < 4.78 is 11.0. The predicted octanol–water partition coefficient (Wildman–Crippen LogP) is 6.42. The SMILES string of the molecule is COc1ccccc1[C@H]1CC(=O)C2=C(C1)NC(C)=C(C(=O)OCc1cccc(C)c1)C2.Cc1cccc(O)c1. The van der Waals surface area contributed by atoms with Crippen LogP contribution >= 0.6 is 0 Å². The highest BCUT2D eigenvalue weighted by atomic mass is 16.5. The van der Waals surface area contributed by atoms with Crippen molar-refractivity contribution in [3.8, 4) is 11.5 Å². The van der Waals surface area contributed by atoms with Crippen LogP contribution in [0.5, 0.6) is 11.5 Å². The molecular weight excluding hydrogens is 490 g/mol. The van der Waals surface area contributed by atoms with Crippen molar-refractivity contribution < 1.29 is 24.2 Å². The van der Waals surface area contributed by atoms with Gasteiger partial charge in [-0.25, -0.2) is 4.79 Å². The fraction of sp³-hybridized carbons (Fsp3) is 0.273. The van der Waals surface area contributed by atoms with E-state index in [0.717, 1.165) is 39.4 Å². The Labute approximate surface area is 230 Å². The quantitative estimate of drug-likeness (QED) is 0.374. The van der Waals surface area contributed by atoms with Crippen LogP contribution in [0.3, 0.4) is 0 Å². The second-order valence-electron chi connectivity index (χ2n) is 10.0. The molecule has 1 heterocycles. The third-order valence-corrected chi connectivity index (χ3v) is 7.01. The number of carbonyl (C=O) groups excluding carboxylic acids is 2. The lowest BCUT2D eigenvalue weighted by Crippen LogP contribution is -2.31. The van der Waals surface area contributed by atoms with Crippen LogP contribution < -0.4 is 10.1 Å². The van der Waals surface area contributed by atoms with Gasteiger partial charge in [-0.2, -0.15) is 0 Å². The highest BCUT2D eigenvalue weighted by molar-refractivity contribution is 6.01. The van der Waals surface area contributed by atoms with E-state index in [2.05, 4.69) is 5.32 Å². The molecule has 0 amide bonds. The van der Waals surface area contributed by atoms with Gasteiger partial charge in [0.2, 0.25) is 0 Å². The Balaban J connectivity index is 0.000000379. The number of para-hydroxylation sites is 1. The van der Waals surface area contributed by atoms with Gasteiger partial charge >= 0.3 is 5.97 Å². The first-order valence-electron chi connectivity index (χ1n) is 13.1. The van der Waals surface area contributed by atoms with Crippen LogP contribution in [0.2, 0.25) is 0 Å². The van der Waals surface area contributed by atoms with Crippen LogP contribution in [0.4, 0.5) is 0 Å². The van der Waals surface area contributed by atoms with Gasteiger partial charge in [-0.3, -0.25) is 4.79 Å². The number of esters is 1. The van der Waals surface area contributed by atoms with Crippen LogP contribution in [0.1, 0.15) is 54.4 Å². The number of hydrogen-bond donors (Lipinski definition) is 2. The molecule has 0 bridgehead atoms. The molecule has 1 aliphatic carbocycles. The summed E-state index contributed by atoms with van der Waals surface area (Å²) in [5.41, 5.74) is 7.07. The Morgan fingerprint density at radius 3 is 2.33 bits per heavy atom. The Kier molecular flexibility index (Phi) is 8.87. The number of ketones is 1. The van der Waals surface area contributed by atoms with E-state index in [1.807, 2.05) is 81.4 Å². The van der Waals surface area contributed by atoms with Crippen molar-refractivity contribution in [1.82, 2.24) is 5.32 Å². The maximum Gasteiger partial charge on any atom is 0.336 e. The van der Waals surface area contributed by atoms with Gasteiger partial charge in [0, 0.05) is 35.7 Å². The van der Waals surface area contributed by atoms with Crippen LogP contribution in [0.25, 0.3) is 0 Å². The molecule has 3 aromatic rings. The van der Waals surface area contributed by atoms with Crippen LogP contribution in [-0.4, -0.2) is 24.0 Å². The summed E-state index contributed by atoms with van der Waals surface area (Å²) in [4.78, 5) is 25.7. The molecule has 202 valence electrons. The summed E-state index contributed by atoms with van der Waals surface area (Å²) in [6.07, 6.45) is 1.44. The molecule has 39 heavy (non-hydrogen) atoms. The van der Waals surface area contributed by atoms with Crippen molar-refractivity contribution in [3.63, 3.8) is 0 Å². The van der Waals surface area contributed by atoms with E-state index in [4.69, 9.17) is 14.6 Å². The van der Waals surface area contributed by atoms with Gasteiger partial charge in [0.25, 0.3) is 0 Å².